The van der Waals surface area contributed by atoms with Crippen LogP contribution >= 0.6 is 23.2 Å². The van der Waals surface area contributed by atoms with Gasteiger partial charge in [-0.3, -0.25) is 0 Å². The van der Waals surface area contributed by atoms with Crippen molar-refractivity contribution < 1.29 is 9.90 Å². The van der Waals surface area contributed by atoms with Crippen molar-refractivity contribution in [3.05, 3.63) is 34.9 Å². The number of alkyl halides is 2. The molecule has 0 unspecified atom stereocenters. The minimum Gasteiger partial charge on any atom is -0.479 e. The van der Waals surface area contributed by atoms with Crippen LogP contribution in [0.2, 0.25) is 0 Å². The highest BCUT2D eigenvalue weighted by atomic mass is 35.5. The van der Waals surface area contributed by atoms with Gasteiger partial charge in [-0.05, 0) is 25.0 Å². The second-order valence-electron chi connectivity index (χ2n) is 3.15. The molecule has 1 N–H and O–H groups in total. The number of carbonyl (C=O) groups is 1. The molecule has 0 spiro atoms. The quantitative estimate of drug-likeness (QED) is 0.797. The molecule has 0 radical (unpaired) electrons. The molecule has 0 aliphatic rings. The van der Waals surface area contributed by atoms with Crippen molar-refractivity contribution in [2.75, 3.05) is 0 Å². The van der Waals surface area contributed by atoms with Gasteiger partial charge in [-0.1, -0.05) is 41.4 Å². The molecule has 0 saturated heterocycles. The molecule has 2 nitrogen and oxygen atoms in total. The van der Waals surface area contributed by atoms with Gasteiger partial charge in [0.25, 0.3) is 0 Å². The number of rotatable bonds is 2. The Kier molecular flexibility index (Phi) is 3.07. The number of halogens is 2. The van der Waals surface area contributed by atoms with Crippen LogP contribution in [0.4, 0.5) is 0 Å². The van der Waals surface area contributed by atoms with Crippen LogP contribution in [0.15, 0.2) is 18.2 Å². The summed E-state index contributed by atoms with van der Waals surface area (Å²) in [7, 11) is 0. The van der Waals surface area contributed by atoms with Gasteiger partial charge < -0.3 is 5.11 Å². The van der Waals surface area contributed by atoms with Gasteiger partial charge in [0.15, 0.2) is 0 Å². The Bertz CT molecular complexity index is 352. The van der Waals surface area contributed by atoms with Crippen LogP contribution < -0.4 is 0 Å². The maximum Gasteiger partial charge on any atom is 0.344 e. The van der Waals surface area contributed by atoms with Gasteiger partial charge in [0.1, 0.15) is 0 Å². The van der Waals surface area contributed by atoms with Gasteiger partial charge in [0, 0.05) is 5.56 Å². The number of aryl methyl sites for hydroxylation is 2. The van der Waals surface area contributed by atoms with E-state index in [1.54, 1.807) is 26.0 Å². The van der Waals surface area contributed by atoms with Crippen LogP contribution in [-0.4, -0.2) is 11.1 Å². The molecule has 0 atom stereocenters. The number of aliphatic carboxylic acids is 1. The molecule has 14 heavy (non-hydrogen) atoms. The Labute approximate surface area is 92.5 Å². The predicted molar refractivity (Wildman–Crippen MR) is 56.9 cm³/mol. The molecule has 0 aliphatic heterocycles. The van der Waals surface area contributed by atoms with Gasteiger partial charge in [0.2, 0.25) is 4.33 Å². The molecule has 0 bridgehead atoms. The van der Waals surface area contributed by atoms with Gasteiger partial charge in [-0.15, -0.1) is 0 Å². The van der Waals surface area contributed by atoms with E-state index in [2.05, 4.69) is 0 Å². The molecule has 0 aromatic heterocycles. The monoisotopic (exact) mass is 232 g/mol. The van der Waals surface area contributed by atoms with Crippen molar-refractivity contribution in [3.63, 3.8) is 0 Å². The molecule has 76 valence electrons. The topological polar surface area (TPSA) is 37.3 Å². The molecule has 1 aromatic carbocycles. The zero-order valence-corrected chi connectivity index (χ0v) is 9.36. The molecule has 1 rings (SSSR count). The first-order valence-corrected chi connectivity index (χ1v) is 4.81. The third kappa shape index (κ3) is 1.86. The van der Waals surface area contributed by atoms with Crippen LogP contribution in [0.1, 0.15) is 16.7 Å². The first kappa shape index (κ1) is 11.3. The summed E-state index contributed by atoms with van der Waals surface area (Å²) in [6.45, 7) is 3.57. The summed E-state index contributed by atoms with van der Waals surface area (Å²) in [6.07, 6.45) is 0. The number of carboxylic acid groups (broad SMARTS) is 1. The van der Waals surface area contributed by atoms with E-state index in [1.807, 2.05) is 6.07 Å². The molecular weight excluding hydrogens is 223 g/mol. The zero-order chi connectivity index (χ0) is 10.9. The summed E-state index contributed by atoms with van der Waals surface area (Å²) in [5.74, 6) is -1.25. The van der Waals surface area contributed by atoms with E-state index >= 15 is 0 Å². The summed E-state index contributed by atoms with van der Waals surface area (Å²) in [5, 5.41) is 8.88. The Morgan fingerprint density at radius 1 is 1.29 bits per heavy atom. The fraction of sp³-hybridized carbons (Fsp3) is 0.300. The van der Waals surface area contributed by atoms with Gasteiger partial charge >= 0.3 is 5.97 Å². The lowest BCUT2D eigenvalue weighted by molar-refractivity contribution is -0.138. The van der Waals surface area contributed by atoms with Crippen LogP contribution in [-0.2, 0) is 9.13 Å². The van der Waals surface area contributed by atoms with Crippen LogP contribution in [0.25, 0.3) is 0 Å². The maximum atomic E-state index is 10.9. The summed E-state index contributed by atoms with van der Waals surface area (Å²) in [5.41, 5.74) is 2.01. The Hall–Kier alpha value is -0.730. The average Bonchev–Trinajstić information content (AvgIpc) is 2.02. The van der Waals surface area contributed by atoms with Crippen LogP contribution in [0.5, 0.6) is 0 Å². The lowest BCUT2D eigenvalue weighted by Crippen LogP contribution is -2.24. The summed E-state index contributed by atoms with van der Waals surface area (Å²) >= 11 is 11.5. The van der Waals surface area contributed by atoms with E-state index in [4.69, 9.17) is 28.3 Å². The number of carboxylic acids is 1. The lowest BCUT2D eigenvalue weighted by Gasteiger charge is -2.19. The van der Waals surface area contributed by atoms with E-state index in [9.17, 15) is 4.79 Å². The van der Waals surface area contributed by atoms with Crippen molar-refractivity contribution in [1.29, 1.82) is 0 Å². The fourth-order valence-corrected chi connectivity index (χ4v) is 2.01. The van der Waals surface area contributed by atoms with Crippen LogP contribution in [0.3, 0.4) is 0 Å². The molecule has 0 aliphatic carbocycles. The minimum atomic E-state index is -1.87. The van der Waals surface area contributed by atoms with Crippen molar-refractivity contribution in [3.8, 4) is 0 Å². The number of benzene rings is 1. The van der Waals surface area contributed by atoms with Crippen LogP contribution in [0, 0.1) is 13.8 Å². The van der Waals surface area contributed by atoms with Crippen molar-refractivity contribution >= 4 is 29.2 Å². The van der Waals surface area contributed by atoms with Crippen molar-refractivity contribution in [2.45, 2.75) is 18.2 Å². The Morgan fingerprint density at radius 2 is 1.71 bits per heavy atom. The molecular formula is C10H10Cl2O2. The average molecular weight is 233 g/mol. The smallest absolute Gasteiger partial charge is 0.344 e. The maximum absolute atomic E-state index is 10.9. The van der Waals surface area contributed by atoms with Crippen molar-refractivity contribution in [2.24, 2.45) is 0 Å². The second-order valence-corrected chi connectivity index (χ2v) is 4.47. The summed E-state index contributed by atoms with van der Waals surface area (Å²) in [6, 6.07) is 5.40. The highest BCUT2D eigenvalue weighted by Gasteiger charge is 2.38. The first-order chi connectivity index (χ1) is 6.37. The molecule has 1 aromatic rings. The molecule has 0 saturated carbocycles. The van der Waals surface area contributed by atoms with Gasteiger partial charge in [0.05, 0.1) is 0 Å². The minimum absolute atomic E-state index is 0.454. The zero-order valence-electron chi connectivity index (χ0n) is 7.84. The fourth-order valence-electron chi connectivity index (χ4n) is 1.42. The normalized spacial score (nSPS) is 11.4. The van der Waals surface area contributed by atoms with Crippen molar-refractivity contribution in [1.82, 2.24) is 0 Å². The lowest BCUT2D eigenvalue weighted by atomic mass is 9.99. The largest absolute Gasteiger partial charge is 0.479 e. The predicted octanol–water partition coefficient (Wildman–Crippen LogP) is 3.02. The SMILES string of the molecule is Cc1cccc(C)c1C(Cl)(Cl)C(=O)O. The Balaban J connectivity index is 3.38. The second kappa shape index (κ2) is 3.79. The first-order valence-electron chi connectivity index (χ1n) is 4.05. The van der Waals surface area contributed by atoms with E-state index in [-0.39, 0.29) is 0 Å². The number of hydrogen-bond donors (Lipinski definition) is 1. The van der Waals surface area contributed by atoms with Gasteiger partial charge in [-0.25, -0.2) is 4.79 Å². The highest BCUT2D eigenvalue weighted by molar-refractivity contribution is 6.56. The van der Waals surface area contributed by atoms with E-state index in [0.717, 1.165) is 11.1 Å². The molecule has 4 heteroatoms. The highest BCUT2D eigenvalue weighted by Crippen LogP contribution is 2.37. The van der Waals surface area contributed by atoms with Gasteiger partial charge in [-0.2, -0.15) is 0 Å². The number of hydrogen-bond acceptors (Lipinski definition) is 1. The summed E-state index contributed by atoms with van der Waals surface area (Å²) in [4.78, 5) is 10.9. The molecule has 0 heterocycles. The third-order valence-corrected chi connectivity index (χ3v) is 2.77. The molecule has 0 amide bonds. The van der Waals surface area contributed by atoms with E-state index in [1.165, 1.54) is 0 Å². The summed E-state index contributed by atoms with van der Waals surface area (Å²) < 4.78 is -1.87. The standard InChI is InChI=1S/C10H10Cl2O2/c1-6-4-3-5-7(2)8(6)10(11,12)9(13)14/h3-5H,1-2H3,(H,13,14). The van der Waals surface area contributed by atoms with E-state index < -0.39 is 10.3 Å². The van der Waals surface area contributed by atoms with E-state index in [0.29, 0.717) is 5.56 Å². The molecule has 0 fully saturated rings. The Morgan fingerprint density at radius 3 is 2.07 bits per heavy atom. The third-order valence-electron chi connectivity index (χ3n) is 2.06.